The van der Waals surface area contributed by atoms with E-state index in [1.807, 2.05) is 0 Å². The van der Waals surface area contributed by atoms with Crippen LogP contribution < -0.4 is 11.1 Å². The molecule has 1 saturated carbocycles. The first kappa shape index (κ1) is 15.4. The second-order valence-electron chi connectivity index (χ2n) is 5.72. The first-order chi connectivity index (χ1) is 8.12. The minimum Gasteiger partial charge on any atom is -0.771 e. The molecule has 0 aliphatic heterocycles. The van der Waals surface area contributed by atoms with Crippen molar-refractivity contribution in [1.29, 1.82) is 0 Å². The highest BCUT2D eigenvalue weighted by molar-refractivity contribution is 7.80. The molecule has 0 saturated heterocycles. The van der Waals surface area contributed by atoms with E-state index >= 15 is 0 Å². The maximum absolute atomic E-state index is 11.5. The van der Waals surface area contributed by atoms with Gasteiger partial charge in [0.2, 0.25) is 0 Å². The highest BCUT2D eigenvalue weighted by Crippen LogP contribution is 2.28. The lowest BCUT2D eigenvalue weighted by Gasteiger charge is -2.38. The van der Waals surface area contributed by atoms with E-state index < -0.39 is 27.6 Å². The zero-order valence-electron chi connectivity index (χ0n) is 11.0. The predicted molar refractivity (Wildman–Crippen MR) is 67.5 cm³/mol. The van der Waals surface area contributed by atoms with Crippen molar-refractivity contribution in [2.45, 2.75) is 63.0 Å². The lowest BCUT2D eigenvalue weighted by Crippen LogP contribution is -2.51. The number of carbonyl (C=O) groups is 1. The molecular formula is C11H21N2O4S-. The minimum atomic E-state index is -2.28. The van der Waals surface area contributed by atoms with Crippen LogP contribution in [-0.2, 0) is 15.8 Å². The lowest BCUT2D eigenvalue weighted by molar-refractivity contribution is 0.0489. The maximum Gasteiger partial charge on any atom is 0.407 e. The molecule has 6 nitrogen and oxygen atoms in total. The van der Waals surface area contributed by atoms with Crippen molar-refractivity contribution in [1.82, 2.24) is 5.32 Å². The molecule has 7 heteroatoms. The molecule has 106 valence electrons. The summed E-state index contributed by atoms with van der Waals surface area (Å²) in [6.45, 7) is 5.37. The Balaban J connectivity index is 2.41. The molecule has 0 heterocycles. The molecule has 0 aromatic heterocycles. The molecule has 3 N–H and O–H groups in total. The van der Waals surface area contributed by atoms with Crippen molar-refractivity contribution >= 4 is 17.2 Å². The van der Waals surface area contributed by atoms with Crippen LogP contribution in [0, 0.1) is 0 Å². The fourth-order valence-electron chi connectivity index (χ4n) is 1.89. The van der Waals surface area contributed by atoms with E-state index in [4.69, 9.17) is 10.5 Å². The second-order valence-corrected chi connectivity index (χ2v) is 7.00. The number of carbonyl (C=O) groups excluding carboxylic acids is 1. The fraction of sp³-hybridized carbons (Fsp3) is 0.909. The summed E-state index contributed by atoms with van der Waals surface area (Å²) in [6.07, 6.45) is 1.32. The molecule has 0 aromatic rings. The summed E-state index contributed by atoms with van der Waals surface area (Å²) in [5.74, 6) is 0. The molecule has 1 rings (SSSR count). The van der Waals surface area contributed by atoms with E-state index in [2.05, 4.69) is 5.32 Å². The molecule has 1 unspecified atom stereocenters. The lowest BCUT2D eigenvalue weighted by atomic mass is 9.91. The van der Waals surface area contributed by atoms with Crippen LogP contribution in [0.1, 0.15) is 46.5 Å². The zero-order chi connectivity index (χ0) is 14.0. The van der Waals surface area contributed by atoms with E-state index in [1.165, 1.54) is 0 Å². The van der Waals surface area contributed by atoms with Crippen molar-refractivity contribution < 1.29 is 18.3 Å². The summed E-state index contributed by atoms with van der Waals surface area (Å²) in [4.78, 5) is 10.4. The van der Waals surface area contributed by atoms with Gasteiger partial charge in [0.15, 0.2) is 0 Å². The number of alkyl carbamates (subject to hydrolysis) is 1. The summed E-state index contributed by atoms with van der Waals surface area (Å²) in [7, 11) is 0. The molecule has 1 fully saturated rings. The van der Waals surface area contributed by atoms with Gasteiger partial charge < -0.3 is 20.3 Å². The molecule has 1 aliphatic rings. The summed E-state index contributed by atoms with van der Waals surface area (Å²) < 4.78 is 27.0. The van der Waals surface area contributed by atoms with Crippen LogP contribution in [0.25, 0.3) is 0 Å². The topological polar surface area (TPSA) is 104 Å². The van der Waals surface area contributed by atoms with Gasteiger partial charge in [0.25, 0.3) is 0 Å². The van der Waals surface area contributed by atoms with Crippen molar-refractivity contribution in [2.75, 3.05) is 0 Å². The molecule has 1 atom stereocenters. The first-order valence-electron chi connectivity index (χ1n) is 6.00. The van der Waals surface area contributed by atoms with Crippen LogP contribution in [0.5, 0.6) is 0 Å². The standard InChI is InChI=1S/C11H22N2O4S/c1-10(2,3)17-9(14)13-8-4-6-11(12,7-5-8)18(15)16/h8H,4-7,12H2,1-3H3,(H,13,14)(H,15,16)/p-1. The smallest absolute Gasteiger partial charge is 0.407 e. The molecule has 0 aromatic carbocycles. The van der Waals surface area contributed by atoms with Crippen LogP contribution in [0.3, 0.4) is 0 Å². The molecule has 18 heavy (non-hydrogen) atoms. The average Bonchev–Trinajstić information content (AvgIpc) is 2.18. The Morgan fingerprint density at radius 3 is 2.33 bits per heavy atom. The zero-order valence-corrected chi connectivity index (χ0v) is 11.8. The van der Waals surface area contributed by atoms with E-state index in [1.54, 1.807) is 20.8 Å². The van der Waals surface area contributed by atoms with Crippen molar-refractivity contribution in [3.63, 3.8) is 0 Å². The van der Waals surface area contributed by atoms with Gasteiger partial charge >= 0.3 is 6.09 Å². The maximum atomic E-state index is 11.5. The number of nitrogens with two attached hydrogens (primary N) is 1. The third-order valence-corrected chi connectivity index (χ3v) is 3.96. The minimum absolute atomic E-state index is 0.0694. The quantitative estimate of drug-likeness (QED) is 0.732. The van der Waals surface area contributed by atoms with E-state index in [0.717, 1.165) is 0 Å². The fourth-order valence-corrected chi connectivity index (χ4v) is 2.46. The highest BCUT2D eigenvalue weighted by Gasteiger charge is 2.33. The molecule has 0 bridgehead atoms. The van der Waals surface area contributed by atoms with Gasteiger partial charge in [-0.1, -0.05) is 0 Å². The Morgan fingerprint density at radius 1 is 1.44 bits per heavy atom. The van der Waals surface area contributed by atoms with Gasteiger partial charge in [0.05, 0.1) is 4.87 Å². The third kappa shape index (κ3) is 4.55. The van der Waals surface area contributed by atoms with Gasteiger partial charge in [-0.25, -0.2) is 4.79 Å². The number of hydrogen-bond donors (Lipinski definition) is 2. The summed E-state index contributed by atoms with van der Waals surface area (Å²) in [5, 5.41) is 2.73. The van der Waals surface area contributed by atoms with E-state index in [9.17, 15) is 13.6 Å². The van der Waals surface area contributed by atoms with Gasteiger partial charge in [-0.3, -0.25) is 4.21 Å². The Hall–Kier alpha value is -0.660. The number of ether oxygens (including phenoxy) is 1. The molecule has 0 spiro atoms. The normalized spacial score (nSPS) is 30.6. The summed E-state index contributed by atoms with van der Waals surface area (Å²) >= 11 is -2.28. The van der Waals surface area contributed by atoms with Crippen LogP contribution in [0.2, 0.25) is 0 Å². The Kier molecular flexibility index (Phi) is 4.74. The van der Waals surface area contributed by atoms with Crippen LogP contribution in [0.15, 0.2) is 0 Å². The van der Waals surface area contributed by atoms with Crippen LogP contribution in [0.4, 0.5) is 4.79 Å². The van der Waals surface area contributed by atoms with E-state index in [0.29, 0.717) is 25.7 Å². The van der Waals surface area contributed by atoms with E-state index in [-0.39, 0.29) is 6.04 Å². The van der Waals surface area contributed by atoms with Gasteiger partial charge in [-0.2, -0.15) is 0 Å². The van der Waals surface area contributed by atoms with Crippen LogP contribution >= 0.6 is 0 Å². The number of rotatable bonds is 2. The van der Waals surface area contributed by atoms with Gasteiger partial charge in [-0.05, 0) is 57.5 Å². The monoisotopic (exact) mass is 277 g/mol. The summed E-state index contributed by atoms with van der Waals surface area (Å²) in [5.41, 5.74) is 5.21. The predicted octanol–water partition coefficient (Wildman–Crippen LogP) is 0.988. The first-order valence-corrected chi connectivity index (χ1v) is 7.08. The average molecular weight is 277 g/mol. The molecule has 1 amide bonds. The number of nitrogens with one attached hydrogen (secondary N) is 1. The highest BCUT2D eigenvalue weighted by atomic mass is 32.2. The van der Waals surface area contributed by atoms with Gasteiger partial charge in [0.1, 0.15) is 5.60 Å². The number of amides is 1. The Morgan fingerprint density at radius 2 is 1.94 bits per heavy atom. The molecular weight excluding hydrogens is 256 g/mol. The summed E-state index contributed by atoms with van der Waals surface area (Å²) in [6, 6.07) is -0.0694. The SMILES string of the molecule is CC(C)(C)OC(=O)NC1CCC(N)(S(=O)[O-])CC1. The van der Waals surface area contributed by atoms with Crippen molar-refractivity contribution in [3.05, 3.63) is 0 Å². The third-order valence-electron chi connectivity index (χ3n) is 2.88. The number of hydrogen-bond acceptors (Lipinski definition) is 5. The van der Waals surface area contributed by atoms with Gasteiger partial charge in [-0.15, -0.1) is 0 Å². The largest absolute Gasteiger partial charge is 0.771 e. The van der Waals surface area contributed by atoms with Crippen molar-refractivity contribution in [3.8, 4) is 0 Å². The Labute approximate surface area is 110 Å². The molecule has 1 aliphatic carbocycles. The van der Waals surface area contributed by atoms with Gasteiger partial charge in [0, 0.05) is 6.04 Å². The second kappa shape index (κ2) is 5.54. The molecule has 0 radical (unpaired) electrons. The van der Waals surface area contributed by atoms with Crippen molar-refractivity contribution in [2.24, 2.45) is 5.73 Å². The van der Waals surface area contributed by atoms with Crippen LogP contribution in [-0.4, -0.2) is 31.4 Å². The Bertz CT molecular complexity index is 332.